The van der Waals surface area contributed by atoms with Crippen molar-refractivity contribution in [2.75, 3.05) is 0 Å². The SMILES string of the molecule is C[C@@H]([NH2+]Cc1cn[nH]c1-c1ccc(Cl)cc1Cl)c1ccccc1. The van der Waals surface area contributed by atoms with Crippen LogP contribution in [-0.4, -0.2) is 10.2 Å². The molecule has 1 atom stereocenters. The van der Waals surface area contributed by atoms with Crippen molar-refractivity contribution in [1.29, 1.82) is 0 Å². The third kappa shape index (κ3) is 3.75. The predicted octanol–water partition coefficient (Wildman–Crippen LogP) is 4.21. The summed E-state index contributed by atoms with van der Waals surface area (Å²) in [4.78, 5) is 0. The maximum absolute atomic E-state index is 6.31. The summed E-state index contributed by atoms with van der Waals surface area (Å²) in [6.07, 6.45) is 1.86. The second-order valence-electron chi connectivity index (χ2n) is 5.53. The van der Waals surface area contributed by atoms with Crippen molar-refractivity contribution in [3.63, 3.8) is 0 Å². The smallest absolute Gasteiger partial charge is 0.109 e. The summed E-state index contributed by atoms with van der Waals surface area (Å²) in [7, 11) is 0. The van der Waals surface area contributed by atoms with Gasteiger partial charge in [-0.25, -0.2) is 0 Å². The number of aromatic amines is 1. The lowest BCUT2D eigenvalue weighted by molar-refractivity contribution is -0.707. The fraction of sp³-hybridized carbons (Fsp3) is 0.167. The number of hydrogen-bond donors (Lipinski definition) is 2. The number of rotatable bonds is 5. The largest absolute Gasteiger partial charge is 0.336 e. The zero-order valence-corrected chi connectivity index (χ0v) is 14.3. The van der Waals surface area contributed by atoms with E-state index in [-0.39, 0.29) is 0 Å². The van der Waals surface area contributed by atoms with E-state index in [1.54, 1.807) is 6.07 Å². The fourth-order valence-corrected chi connectivity index (χ4v) is 3.09. The van der Waals surface area contributed by atoms with Crippen LogP contribution in [0.4, 0.5) is 0 Å². The minimum Gasteiger partial charge on any atom is -0.336 e. The van der Waals surface area contributed by atoms with E-state index in [4.69, 9.17) is 23.2 Å². The minimum atomic E-state index is 0.375. The summed E-state index contributed by atoms with van der Waals surface area (Å²) >= 11 is 12.3. The van der Waals surface area contributed by atoms with Gasteiger partial charge in [0, 0.05) is 16.1 Å². The number of nitrogens with two attached hydrogens (primary N) is 1. The molecule has 0 aliphatic heterocycles. The van der Waals surface area contributed by atoms with Crippen molar-refractivity contribution in [2.45, 2.75) is 19.5 Å². The van der Waals surface area contributed by atoms with Gasteiger partial charge in [0.25, 0.3) is 0 Å². The van der Waals surface area contributed by atoms with Crippen molar-refractivity contribution < 1.29 is 5.32 Å². The van der Waals surface area contributed by atoms with Gasteiger partial charge in [0.2, 0.25) is 0 Å². The van der Waals surface area contributed by atoms with Crippen LogP contribution in [0.15, 0.2) is 54.7 Å². The number of aromatic nitrogens is 2. The van der Waals surface area contributed by atoms with Gasteiger partial charge in [-0.15, -0.1) is 0 Å². The second kappa shape index (κ2) is 7.18. The molecule has 0 saturated heterocycles. The highest BCUT2D eigenvalue weighted by molar-refractivity contribution is 6.36. The normalized spacial score (nSPS) is 12.3. The van der Waals surface area contributed by atoms with Crippen LogP contribution in [0.3, 0.4) is 0 Å². The van der Waals surface area contributed by atoms with Crippen molar-refractivity contribution in [2.24, 2.45) is 0 Å². The maximum atomic E-state index is 6.31. The first-order valence-corrected chi connectivity index (χ1v) is 8.26. The number of H-pyrrole nitrogens is 1. The zero-order valence-electron chi connectivity index (χ0n) is 12.8. The number of quaternary nitrogens is 1. The third-order valence-electron chi connectivity index (χ3n) is 3.93. The van der Waals surface area contributed by atoms with Crippen LogP contribution in [0, 0.1) is 0 Å². The van der Waals surface area contributed by atoms with Gasteiger partial charge in [-0.2, -0.15) is 5.10 Å². The molecule has 23 heavy (non-hydrogen) atoms. The molecule has 0 saturated carbocycles. The van der Waals surface area contributed by atoms with E-state index in [1.807, 2.05) is 24.4 Å². The molecule has 2 aromatic carbocycles. The van der Waals surface area contributed by atoms with Gasteiger partial charge >= 0.3 is 0 Å². The van der Waals surface area contributed by atoms with Gasteiger partial charge in [-0.1, -0.05) is 53.5 Å². The van der Waals surface area contributed by atoms with Gasteiger partial charge in [0.15, 0.2) is 0 Å². The zero-order chi connectivity index (χ0) is 16.2. The van der Waals surface area contributed by atoms with E-state index in [0.717, 1.165) is 23.4 Å². The van der Waals surface area contributed by atoms with Crippen LogP contribution in [0.1, 0.15) is 24.1 Å². The second-order valence-corrected chi connectivity index (χ2v) is 6.38. The van der Waals surface area contributed by atoms with E-state index in [1.165, 1.54) is 5.56 Å². The van der Waals surface area contributed by atoms with Crippen LogP contribution < -0.4 is 5.32 Å². The molecule has 3 aromatic rings. The van der Waals surface area contributed by atoms with Crippen LogP contribution in [0.2, 0.25) is 10.0 Å². The van der Waals surface area contributed by atoms with Gasteiger partial charge < -0.3 is 5.32 Å². The average molecular weight is 347 g/mol. The quantitative estimate of drug-likeness (QED) is 0.714. The molecular formula is C18H18Cl2N3+. The van der Waals surface area contributed by atoms with Crippen LogP contribution in [0.25, 0.3) is 11.3 Å². The Morgan fingerprint density at radius 2 is 1.91 bits per heavy atom. The molecule has 3 rings (SSSR count). The Balaban J connectivity index is 1.76. The molecule has 0 bridgehead atoms. The average Bonchev–Trinajstić information content (AvgIpc) is 3.01. The fourth-order valence-electron chi connectivity index (χ4n) is 2.59. The molecule has 0 amide bonds. The summed E-state index contributed by atoms with van der Waals surface area (Å²) in [5.74, 6) is 0. The first kappa shape index (κ1) is 16.1. The van der Waals surface area contributed by atoms with E-state index in [0.29, 0.717) is 16.1 Å². The number of halogens is 2. The number of nitrogens with zero attached hydrogens (tertiary/aromatic N) is 1. The standard InChI is InChI=1S/C18H17Cl2N3/c1-12(13-5-3-2-4-6-13)21-10-14-11-22-23-18(14)16-8-7-15(19)9-17(16)20/h2-9,11-12,21H,10H2,1H3,(H,22,23)/p+1/t12-/m1/s1. The van der Waals surface area contributed by atoms with Crippen molar-refractivity contribution in [1.82, 2.24) is 10.2 Å². The highest BCUT2D eigenvalue weighted by atomic mass is 35.5. The highest BCUT2D eigenvalue weighted by Crippen LogP contribution is 2.30. The van der Waals surface area contributed by atoms with Crippen molar-refractivity contribution in [3.05, 3.63) is 75.9 Å². The van der Waals surface area contributed by atoms with E-state index < -0.39 is 0 Å². The molecule has 0 spiro atoms. The topological polar surface area (TPSA) is 45.3 Å². The maximum Gasteiger partial charge on any atom is 0.109 e. The molecular weight excluding hydrogens is 329 g/mol. The Hall–Kier alpha value is -1.81. The van der Waals surface area contributed by atoms with Gasteiger partial charge in [-0.05, 0) is 25.1 Å². The summed E-state index contributed by atoms with van der Waals surface area (Å²) in [5, 5.41) is 10.8. The number of hydrogen-bond acceptors (Lipinski definition) is 1. The lowest BCUT2D eigenvalue weighted by Gasteiger charge is -2.11. The monoisotopic (exact) mass is 346 g/mol. The Kier molecular flexibility index (Phi) is 5.01. The van der Waals surface area contributed by atoms with Gasteiger partial charge in [0.05, 0.1) is 22.5 Å². The van der Waals surface area contributed by atoms with Crippen LogP contribution >= 0.6 is 23.2 Å². The Labute approximate surface area is 145 Å². The molecule has 0 radical (unpaired) electrons. The molecule has 0 aliphatic rings. The lowest BCUT2D eigenvalue weighted by atomic mass is 10.1. The van der Waals surface area contributed by atoms with Gasteiger partial charge in [0.1, 0.15) is 12.6 Å². The molecule has 0 aliphatic carbocycles. The summed E-state index contributed by atoms with van der Waals surface area (Å²) in [6.45, 7) is 3.02. The lowest BCUT2D eigenvalue weighted by Crippen LogP contribution is -2.83. The summed E-state index contributed by atoms with van der Waals surface area (Å²) < 4.78 is 0. The Morgan fingerprint density at radius 1 is 1.13 bits per heavy atom. The minimum absolute atomic E-state index is 0.375. The number of nitrogens with one attached hydrogen (secondary N) is 1. The van der Waals surface area contributed by atoms with Crippen molar-refractivity contribution >= 4 is 23.2 Å². The van der Waals surface area contributed by atoms with E-state index in [2.05, 4.69) is 46.7 Å². The summed E-state index contributed by atoms with van der Waals surface area (Å²) in [6, 6.07) is 16.3. The first-order valence-electron chi connectivity index (χ1n) is 7.51. The molecule has 0 fully saturated rings. The Morgan fingerprint density at radius 3 is 2.65 bits per heavy atom. The van der Waals surface area contributed by atoms with Crippen molar-refractivity contribution in [3.8, 4) is 11.3 Å². The third-order valence-corrected chi connectivity index (χ3v) is 4.48. The first-order chi connectivity index (χ1) is 11.1. The van der Waals surface area contributed by atoms with Gasteiger partial charge in [-0.3, -0.25) is 5.10 Å². The Bertz CT molecular complexity index is 784. The molecule has 3 nitrogen and oxygen atoms in total. The van der Waals surface area contributed by atoms with E-state index >= 15 is 0 Å². The predicted molar refractivity (Wildman–Crippen MR) is 94.5 cm³/mol. The molecule has 0 unspecified atom stereocenters. The number of benzene rings is 2. The summed E-state index contributed by atoms with van der Waals surface area (Å²) in [5.41, 5.74) is 4.30. The molecule has 1 aromatic heterocycles. The molecule has 1 heterocycles. The molecule has 118 valence electrons. The van der Waals surface area contributed by atoms with E-state index in [9.17, 15) is 0 Å². The highest BCUT2D eigenvalue weighted by Gasteiger charge is 2.15. The molecule has 5 heteroatoms. The van der Waals surface area contributed by atoms with Crippen LogP contribution in [-0.2, 0) is 6.54 Å². The molecule has 3 N–H and O–H groups in total. The van der Waals surface area contributed by atoms with Crippen LogP contribution in [0.5, 0.6) is 0 Å².